The Morgan fingerprint density at radius 3 is 2.48 bits per heavy atom. The first kappa shape index (κ1) is 22.7. The number of sulfonamides is 1. The SMILES string of the molecule is C=CCN1C(=O)[C@H](CC(=O)Nc2ccc(F)cc2)SC1=NS(=O)(=O)c1ccc(C)cc1. The highest BCUT2D eigenvalue weighted by atomic mass is 32.2. The summed E-state index contributed by atoms with van der Waals surface area (Å²) in [7, 11) is -4.04. The van der Waals surface area contributed by atoms with Gasteiger partial charge in [-0.1, -0.05) is 35.5 Å². The Labute approximate surface area is 184 Å². The number of amidine groups is 1. The standard InChI is InChI=1S/C21H20FN3O4S2/c1-3-12-25-20(27)18(13-19(26)23-16-8-6-15(22)7-9-16)30-21(25)24-31(28,29)17-10-4-14(2)5-11-17/h3-11,18H,1,12-13H2,2H3,(H,23,26)/t18-/m0/s1. The maximum Gasteiger partial charge on any atom is 0.284 e. The van der Waals surface area contributed by atoms with Crippen molar-refractivity contribution in [2.45, 2.75) is 23.5 Å². The predicted octanol–water partition coefficient (Wildman–Crippen LogP) is 3.34. The zero-order chi connectivity index (χ0) is 22.6. The van der Waals surface area contributed by atoms with Crippen molar-refractivity contribution >= 4 is 44.5 Å². The number of thioether (sulfide) groups is 1. The number of carbonyl (C=O) groups excluding carboxylic acids is 2. The molecule has 0 aliphatic carbocycles. The molecule has 162 valence electrons. The van der Waals surface area contributed by atoms with Crippen molar-refractivity contribution < 1.29 is 22.4 Å². The van der Waals surface area contributed by atoms with Crippen LogP contribution in [0.4, 0.5) is 10.1 Å². The van der Waals surface area contributed by atoms with Crippen LogP contribution in [0.1, 0.15) is 12.0 Å². The summed E-state index contributed by atoms with van der Waals surface area (Å²) in [6.07, 6.45) is 1.26. The van der Waals surface area contributed by atoms with Gasteiger partial charge >= 0.3 is 0 Å². The third kappa shape index (κ3) is 5.59. The lowest BCUT2D eigenvalue weighted by molar-refractivity contribution is -0.127. The van der Waals surface area contributed by atoms with E-state index in [1.54, 1.807) is 12.1 Å². The highest BCUT2D eigenvalue weighted by Gasteiger charge is 2.39. The zero-order valence-corrected chi connectivity index (χ0v) is 18.2. The van der Waals surface area contributed by atoms with Crippen molar-refractivity contribution in [1.82, 2.24) is 4.90 Å². The fourth-order valence-corrected chi connectivity index (χ4v) is 5.15. The van der Waals surface area contributed by atoms with E-state index in [1.807, 2.05) is 6.92 Å². The fourth-order valence-electron chi connectivity index (χ4n) is 2.79. The van der Waals surface area contributed by atoms with Gasteiger partial charge in [0.15, 0.2) is 5.17 Å². The van der Waals surface area contributed by atoms with E-state index in [9.17, 15) is 22.4 Å². The van der Waals surface area contributed by atoms with Gasteiger partial charge in [-0.3, -0.25) is 14.5 Å². The van der Waals surface area contributed by atoms with Gasteiger partial charge in [0.05, 0.1) is 4.90 Å². The second kappa shape index (κ2) is 9.44. The van der Waals surface area contributed by atoms with E-state index in [4.69, 9.17) is 0 Å². The van der Waals surface area contributed by atoms with Gasteiger partial charge in [0.25, 0.3) is 10.0 Å². The quantitative estimate of drug-likeness (QED) is 0.638. The minimum absolute atomic E-state index is 0.00899. The highest BCUT2D eigenvalue weighted by molar-refractivity contribution is 8.16. The number of rotatable bonds is 7. The van der Waals surface area contributed by atoms with Gasteiger partial charge in [-0.15, -0.1) is 11.0 Å². The van der Waals surface area contributed by atoms with Crippen LogP contribution in [-0.4, -0.2) is 42.1 Å². The first-order chi connectivity index (χ1) is 14.7. The lowest BCUT2D eigenvalue weighted by Crippen LogP contribution is -2.33. The molecule has 1 aliphatic rings. The van der Waals surface area contributed by atoms with Crippen LogP contribution >= 0.6 is 11.8 Å². The molecule has 2 aromatic carbocycles. The number of nitrogens with one attached hydrogen (secondary N) is 1. The fraction of sp³-hybridized carbons (Fsp3) is 0.190. The van der Waals surface area contributed by atoms with E-state index < -0.39 is 32.9 Å². The maximum absolute atomic E-state index is 13.0. The van der Waals surface area contributed by atoms with Crippen molar-refractivity contribution in [1.29, 1.82) is 0 Å². The summed E-state index contributed by atoms with van der Waals surface area (Å²) in [5.74, 6) is -1.33. The molecule has 1 atom stereocenters. The number of anilines is 1. The summed E-state index contributed by atoms with van der Waals surface area (Å²) in [4.78, 5) is 26.3. The number of aryl methyl sites for hydroxylation is 1. The molecule has 0 unspecified atom stereocenters. The summed E-state index contributed by atoms with van der Waals surface area (Å²) in [6.45, 7) is 5.48. The number of hydrogen-bond donors (Lipinski definition) is 1. The van der Waals surface area contributed by atoms with Crippen LogP contribution in [0.5, 0.6) is 0 Å². The van der Waals surface area contributed by atoms with E-state index in [2.05, 4.69) is 16.3 Å². The molecule has 0 spiro atoms. The zero-order valence-electron chi connectivity index (χ0n) is 16.6. The van der Waals surface area contributed by atoms with Crippen LogP contribution < -0.4 is 5.32 Å². The topological polar surface area (TPSA) is 95.9 Å². The number of benzene rings is 2. The van der Waals surface area contributed by atoms with Crippen molar-refractivity contribution in [3.05, 3.63) is 72.6 Å². The molecule has 0 radical (unpaired) electrons. The molecule has 10 heteroatoms. The lowest BCUT2D eigenvalue weighted by Gasteiger charge is -2.13. The molecule has 1 N–H and O–H groups in total. The minimum Gasteiger partial charge on any atom is -0.326 e. The molecule has 0 bridgehead atoms. The lowest BCUT2D eigenvalue weighted by atomic mass is 10.2. The number of halogens is 1. The Kier molecular flexibility index (Phi) is 6.91. The summed E-state index contributed by atoms with van der Waals surface area (Å²) in [5, 5.41) is 1.74. The molecule has 0 saturated carbocycles. The number of carbonyl (C=O) groups is 2. The van der Waals surface area contributed by atoms with Crippen molar-refractivity contribution in [2.24, 2.45) is 4.40 Å². The molecular weight excluding hydrogens is 441 g/mol. The predicted molar refractivity (Wildman–Crippen MR) is 119 cm³/mol. The average Bonchev–Trinajstić information content (AvgIpc) is 2.98. The molecule has 31 heavy (non-hydrogen) atoms. The van der Waals surface area contributed by atoms with E-state index in [0.29, 0.717) is 5.69 Å². The smallest absolute Gasteiger partial charge is 0.284 e. The largest absolute Gasteiger partial charge is 0.326 e. The Bertz CT molecular complexity index is 1130. The number of amides is 2. The summed E-state index contributed by atoms with van der Waals surface area (Å²) >= 11 is 0.911. The average molecular weight is 462 g/mol. The molecule has 2 amide bonds. The Balaban J connectivity index is 1.78. The van der Waals surface area contributed by atoms with Gasteiger partial charge in [0, 0.05) is 18.7 Å². The number of nitrogens with zero attached hydrogens (tertiary/aromatic N) is 2. The molecule has 1 saturated heterocycles. The Morgan fingerprint density at radius 1 is 1.23 bits per heavy atom. The van der Waals surface area contributed by atoms with E-state index in [0.717, 1.165) is 17.3 Å². The number of hydrogen-bond acceptors (Lipinski definition) is 5. The van der Waals surface area contributed by atoms with Crippen molar-refractivity contribution in [2.75, 3.05) is 11.9 Å². The van der Waals surface area contributed by atoms with Gasteiger partial charge in [-0.25, -0.2) is 4.39 Å². The van der Waals surface area contributed by atoms with E-state index in [1.165, 1.54) is 47.4 Å². The molecular formula is C21H20FN3O4S2. The molecule has 1 heterocycles. The van der Waals surface area contributed by atoms with Gasteiger partial charge in [0.1, 0.15) is 11.1 Å². The van der Waals surface area contributed by atoms with Crippen LogP contribution in [0.15, 0.2) is 70.5 Å². The van der Waals surface area contributed by atoms with Gasteiger partial charge in [-0.2, -0.15) is 8.42 Å². The maximum atomic E-state index is 13.0. The first-order valence-electron chi connectivity index (χ1n) is 9.25. The van der Waals surface area contributed by atoms with E-state index >= 15 is 0 Å². The molecule has 1 aliphatic heterocycles. The minimum atomic E-state index is -4.04. The molecule has 7 nitrogen and oxygen atoms in total. The highest BCUT2D eigenvalue weighted by Crippen LogP contribution is 2.31. The Morgan fingerprint density at radius 2 is 1.87 bits per heavy atom. The van der Waals surface area contributed by atoms with Gasteiger partial charge in [0.2, 0.25) is 11.8 Å². The van der Waals surface area contributed by atoms with Crippen molar-refractivity contribution in [3.63, 3.8) is 0 Å². The monoisotopic (exact) mass is 461 g/mol. The van der Waals surface area contributed by atoms with Crippen LogP contribution in [0.3, 0.4) is 0 Å². The third-order valence-electron chi connectivity index (χ3n) is 4.35. The van der Waals surface area contributed by atoms with Crippen LogP contribution in [0, 0.1) is 12.7 Å². The van der Waals surface area contributed by atoms with Gasteiger partial charge in [-0.05, 0) is 43.3 Å². The summed E-state index contributed by atoms with van der Waals surface area (Å²) in [6, 6.07) is 11.4. The van der Waals surface area contributed by atoms with E-state index in [-0.39, 0.29) is 23.0 Å². The molecule has 2 aromatic rings. The second-order valence-electron chi connectivity index (χ2n) is 6.77. The van der Waals surface area contributed by atoms with Crippen LogP contribution in [0.25, 0.3) is 0 Å². The normalized spacial score (nSPS) is 17.7. The third-order valence-corrected chi connectivity index (χ3v) is 6.92. The van der Waals surface area contributed by atoms with Crippen molar-refractivity contribution in [3.8, 4) is 0 Å². The molecule has 3 rings (SSSR count). The second-order valence-corrected chi connectivity index (χ2v) is 9.54. The Hall–Kier alpha value is -2.98. The van der Waals surface area contributed by atoms with Gasteiger partial charge < -0.3 is 5.32 Å². The van der Waals surface area contributed by atoms with Crippen LogP contribution in [0.2, 0.25) is 0 Å². The molecule has 1 fully saturated rings. The summed E-state index contributed by atoms with van der Waals surface area (Å²) < 4.78 is 42.2. The summed E-state index contributed by atoms with van der Waals surface area (Å²) in [5.41, 5.74) is 1.29. The first-order valence-corrected chi connectivity index (χ1v) is 11.6. The molecule has 0 aromatic heterocycles. The van der Waals surface area contributed by atoms with Crippen LogP contribution in [-0.2, 0) is 19.6 Å².